The number of phenolic OH excluding ortho intramolecular Hbond substituents is 1. The highest BCUT2D eigenvalue weighted by atomic mass is 35.5. The van der Waals surface area contributed by atoms with Gasteiger partial charge in [0.1, 0.15) is 17.1 Å². The van der Waals surface area contributed by atoms with Gasteiger partial charge in [-0.25, -0.2) is 0 Å². The lowest BCUT2D eigenvalue weighted by Crippen LogP contribution is -2.37. The Labute approximate surface area is 139 Å². The Morgan fingerprint density at radius 3 is 2.59 bits per heavy atom. The summed E-state index contributed by atoms with van der Waals surface area (Å²) < 4.78 is 6.36. The summed E-state index contributed by atoms with van der Waals surface area (Å²) in [5, 5.41) is 10.6. The summed E-state index contributed by atoms with van der Waals surface area (Å²) in [5.41, 5.74) is 5.23. The summed E-state index contributed by atoms with van der Waals surface area (Å²) in [6.07, 6.45) is 5.64. The van der Waals surface area contributed by atoms with E-state index in [1.165, 1.54) is 11.1 Å². The third-order valence-corrected chi connectivity index (χ3v) is 4.96. The molecule has 2 rings (SSSR count). The zero-order valence-corrected chi connectivity index (χ0v) is 15.1. The zero-order chi connectivity index (χ0) is 16.5. The van der Waals surface area contributed by atoms with Crippen LogP contribution < -0.4 is 4.74 Å². The average molecular weight is 323 g/mol. The van der Waals surface area contributed by atoms with Crippen LogP contribution in [0.3, 0.4) is 0 Å². The van der Waals surface area contributed by atoms with E-state index in [0.29, 0.717) is 11.6 Å². The standard InChI is InChI=1S/C19H27ClO2/c1-12(2)6-7-15-16-8-9-19(5,10-11-20)22-18(16)14(4)13(3)17(15)21/h6,21H,7-11H2,1-5H3. The van der Waals surface area contributed by atoms with Gasteiger partial charge in [-0.15, -0.1) is 11.6 Å². The van der Waals surface area contributed by atoms with Crippen molar-refractivity contribution in [1.82, 2.24) is 0 Å². The molecule has 0 fully saturated rings. The third-order valence-electron chi connectivity index (χ3n) is 4.77. The van der Waals surface area contributed by atoms with Gasteiger partial charge in [-0.05, 0) is 65.0 Å². The second-order valence-corrected chi connectivity index (χ2v) is 7.24. The van der Waals surface area contributed by atoms with Crippen LogP contribution in [0.15, 0.2) is 11.6 Å². The normalized spacial score (nSPS) is 20.3. The molecule has 0 bridgehead atoms. The Hall–Kier alpha value is -1.15. The zero-order valence-electron chi connectivity index (χ0n) is 14.3. The first kappa shape index (κ1) is 17.2. The van der Waals surface area contributed by atoms with Gasteiger partial charge < -0.3 is 9.84 Å². The molecule has 1 aliphatic heterocycles. The Morgan fingerprint density at radius 2 is 2.00 bits per heavy atom. The van der Waals surface area contributed by atoms with Crippen molar-refractivity contribution in [3.8, 4) is 11.5 Å². The van der Waals surface area contributed by atoms with Crippen molar-refractivity contribution in [2.45, 2.75) is 65.9 Å². The summed E-state index contributed by atoms with van der Waals surface area (Å²) in [5.74, 6) is 2.00. The van der Waals surface area contributed by atoms with E-state index in [-0.39, 0.29) is 5.60 Å². The van der Waals surface area contributed by atoms with E-state index in [0.717, 1.165) is 48.1 Å². The molecule has 22 heavy (non-hydrogen) atoms. The lowest BCUT2D eigenvalue weighted by molar-refractivity contribution is 0.0606. The van der Waals surface area contributed by atoms with Gasteiger partial charge in [0.05, 0.1) is 0 Å². The number of ether oxygens (including phenoxy) is 1. The molecule has 1 aromatic rings. The van der Waals surface area contributed by atoms with Crippen LogP contribution in [0.2, 0.25) is 0 Å². The van der Waals surface area contributed by atoms with Gasteiger partial charge >= 0.3 is 0 Å². The summed E-state index contributed by atoms with van der Waals surface area (Å²) in [6.45, 7) is 10.3. The number of aromatic hydroxyl groups is 1. The van der Waals surface area contributed by atoms with E-state index in [1.807, 2.05) is 13.8 Å². The minimum Gasteiger partial charge on any atom is -0.507 e. The van der Waals surface area contributed by atoms with Gasteiger partial charge in [0.15, 0.2) is 0 Å². The lowest BCUT2D eigenvalue weighted by atomic mass is 9.84. The van der Waals surface area contributed by atoms with Crippen molar-refractivity contribution >= 4 is 11.6 Å². The highest BCUT2D eigenvalue weighted by Gasteiger charge is 2.34. The monoisotopic (exact) mass is 322 g/mol. The van der Waals surface area contributed by atoms with E-state index >= 15 is 0 Å². The predicted molar refractivity (Wildman–Crippen MR) is 93.4 cm³/mol. The van der Waals surface area contributed by atoms with E-state index in [4.69, 9.17) is 16.3 Å². The highest BCUT2D eigenvalue weighted by Crippen LogP contribution is 2.44. The first-order chi connectivity index (χ1) is 10.3. The fourth-order valence-corrected chi connectivity index (χ4v) is 3.47. The van der Waals surface area contributed by atoms with Gasteiger partial charge in [0, 0.05) is 23.4 Å². The van der Waals surface area contributed by atoms with Crippen molar-refractivity contribution < 1.29 is 9.84 Å². The van der Waals surface area contributed by atoms with Crippen molar-refractivity contribution in [1.29, 1.82) is 0 Å². The van der Waals surface area contributed by atoms with E-state index in [9.17, 15) is 5.11 Å². The molecular formula is C19H27ClO2. The largest absolute Gasteiger partial charge is 0.507 e. The van der Waals surface area contributed by atoms with Crippen LogP contribution in [0, 0.1) is 13.8 Å². The van der Waals surface area contributed by atoms with Crippen LogP contribution in [0.1, 0.15) is 55.9 Å². The molecule has 0 aliphatic carbocycles. The molecule has 0 saturated heterocycles. The highest BCUT2D eigenvalue weighted by molar-refractivity contribution is 6.17. The van der Waals surface area contributed by atoms with E-state index in [1.54, 1.807) is 0 Å². The van der Waals surface area contributed by atoms with Gasteiger partial charge in [-0.3, -0.25) is 0 Å². The molecule has 3 heteroatoms. The Morgan fingerprint density at radius 1 is 1.32 bits per heavy atom. The first-order valence-corrected chi connectivity index (χ1v) is 8.54. The Bertz CT molecular complexity index is 600. The van der Waals surface area contributed by atoms with Gasteiger partial charge in [-0.1, -0.05) is 11.6 Å². The number of allylic oxidation sites excluding steroid dienone is 2. The molecule has 1 N–H and O–H groups in total. The average Bonchev–Trinajstić information content (AvgIpc) is 2.45. The smallest absolute Gasteiger partial charge is 0.127 e. The fraction of sp³-hybridized carbons (Fsp3) is 0.579. The van der Waals surface area contributed by atoms with Crippen molar-refractivity contribution in [2.24, 2.45) is 0 Å². The molecule has 0 amide bonds. The van der Waals surface area contributed by atoms with Crippen molar-refractivity contribution in [3.05, 3.63) is 33.9 Å². The minimum absolute atomic E-state index is 0.198. The molecule has 1 unspecified atom stereocenters. The predicted octanol–water partition coefficient (Wildman–Crippen LogP) is 5.23. The second kappa shape index (κ2) is 6.54. The number of halogens is 1. The maximum Gasteiger partial charge on any atom is 0.127 e. The molecular weight excluding hydrogens is 296 g/mol. The molecule has 0 spiro atoms. The number of benzene rings is 1. The van der Waals surface area contributed by atoms with Crippen LogP contribution >= 0.6 is 11.6 Å². The van der Waals surface area contributed by atoms with Crippen LogP contribution in [0.25, 0.3) is 0 Å². The number of phenols is 1. The maximum atomic E-state index is 10.6. The summed E-state index contributed by atoms with van der Waals surface area (Å²) in [7, 11) is 0. The van der Waals surface area contributed by atoms with Gasteiger partial charge in [-0.2, -0.15) is 0 Å². The molecule has 1 atom stereocenters. The molecule has 122 valence electrons. The minimum atomic E-state index is -0.198. The van der Waals surface area contributed by atoms with Gasteiger partial charge in [0.2, 0.25) is 0 Å². The number of hydrogen-bond acceptors (Lipinski definition) is 2. The SMILES string of the molecule is CC(C)=CCc1c(O)c(C)c(C)c2c1CCC(C)(CCCl)O2. The molecule has 0 radical (unpaired) electrons. The topological polar surface area (TPSA) is 29.5 Å². The van der Waals surface area contributed by atoms with Crippen LogP contribution in [0.5, 0.6) is 11.5 Å². The maximum absolute atomic E-state index is 10.6. The molecule has 1 heterocycles. The Kier molecular flexibility index (Phi) is 5.11. The molecule has 2 nitrogen and oxygen atoms in total. The first-order valence-electron chi connectivity index (χ1n) is 8.01. The summed E-state index contributed by atoms with van der Waals surface area (Å²) in [6, 6.07) is 0. The number of fused-ring (bicyclic) bond motifs is 1. The van der Waals surface area contributed by atoms with Crippen LogP contribution in [-0.2, 0) is 12.8 Å². The van der Waals surface area contributed by atoms with Gasteiger partial charge in [0.25, 0.3) is 0 Å². The summed E-state index contributed by atoms with van der Waals surface area (Å²) >= 11 is 5.94. The second-order valence-electron chi connectivity index (χ2n) is 6.86. The number of hydrogen-bond donors (Lipinski definition) is 1. The molecule has 1 aliphatic rings. The summed E-state index contributed by atoms with van der Waals surface area (Å²) in [4.78, 5) is 0. The van der Waals surface area contributed by atoms with E-state index < -0.39 is 0 Å². The number of alkyl halides is 1. The van der Waals surface area contributed by atoms with E-state index in [2.05, 4.69) is 26.8 Å². The fourth-order valence-electron chi connectivity index (χ4n) is 3.07. The van der Waals surface area contributed by atoms with Crippen LogP contribution in [-0.4, -0.2) is 16.6 Å². The van der Waals surface area contributed by atoms with Crippen molar-refractivity contribution in [3.63, 3.8) is 0 Å². The van der Waals surface area contributed by atoms with Crippen molar-refractivity contribution in [2.75, 3.05) is 5.88 Å². The number of rotatable bonds is 4. The molecule has 1 aromatic carbocycles. The Balaban J connectivity index is 2.52. The quantitative estimate of drug-likeness (QED) is 0.607. The van der Waals surface area contributed by atoms with Crippen LogP contribution in [0.4, 0.5) is 0 Å². The lowest BCUT2D eigenvalue weighted by Gasteiger charge is -2.38. The molecule has 0 saturated carbocycles. The molecule has 0 aromatic heterocycles. The third kappa shape index (κ3) is 3.27.